The summed E-state index contributed by atoms with van der Waals surface area (Å²) in [7, 11) is 0. The molecule has 29 heavy (non-hydrogen) atoms. The lowest BCUT2D eigenvalue weighted by Gasteiger charge is -2.43. The number of fused-ring (bicyclic) bond motifs is 4. The normalized spacial score (nSPS) is 42.9. The van der Waals surface area contributed by atoms with Gasteiger partial charge in [-0.2, -0.15) is 0 Å². The van der Waals surface area contributed by atoms with Crippen molar-refractivity contribution in [2.45, 2.75) is 50.4 Å². The van der Waals surface area contributed by atoms with E-state index in [2.05, 4.69) is 5.16 Å². The fourth-order valence-corrected chi connectivity index (χ4v) is 5.64. The van der Waals surface area contributed by atoms with Crippen molar-refractivity contribution < 1.29 is 29.4 Å². The maximum atomic E-state index is 13.1. The van der Waals surface area contributed by atoms with E-state index in [0.717, 1.165) is 0 Å². The molecule has 152 valence electrons. The first-order valence-electron chi connectivity index (χ1n) is 9.94. The van der Waals surface area contributed by atoms with Gasteiger partial charge in [-0.15, -0.1) is 0 Å². The number of carbonyl (C=O) groups excluding carboxylic acids is 2. The van der Waals surface area contributed by atoms with Crippen LogP contribution in [-0.4, -0.2) is 45.0 Å². The number of phenolic OH excluding ortho intramolecular Hbond substituents is 1. The van der Waals surface area contributed by atoms with Gasteiger partial charge in [0.1, 0.15) is 22.9 Å². The van der Waals surface area contributed by atoms with Gasteiger partial charge in [0, 0.05) is 12.0 Å². The van der Waals surface area contributed by atoms with Crippen molar-refractivity contribution >= 4 is 17.5 Å². The summed E-state index contributed by atoms with van der Waals surface area (Å²) < 4.78 is 5.78. The van der Waals surface area contributed by atoms with Crippen LogP contribution in [-0.2, 0) is 19.2 Å². The third-order valence-corrected chi connectivity index (χ3v) is 7.54. The first kappa shape index (κ1) is 18.4. The Balaban J connectivity index is 1.54. The van der Waals surface area contributed by atoms with Crippen molar-refractivity contribution in [3.05, 3.63) is 42.0 Å². The van der Waals surface area contributed by atoms with Crippen LogP contribution in [0.15, 0.2) is 41.6 Å². The van der Waals surface area contributed by atoms with Gasteiger partial charge in [0.25, 0.3) is 0 Å². The molecule has 1 saturated carbocycles. The van der Waals surface area contributed by atoms with E-state index in [-0.39, 0.29) is 23.9 Å². The second-order valence-corrected chi connectivity index (χ2v) is 8.88. The van der Waals surface area contributed by atoms with E-state index in [1.165, 1.54) is 6.08 Å². The van der Waals surface area contributed by atoms with Crippen molar-refractivity contribution in [1.29, 1.82) is 0 Å². The second kappa shape index (κ2) is 5.69. The number of nitrogens with zero attached hydrogens (tertiary/aromatic N) is 1. The van der Waals surface area contributed by atoms with Gasteiger partial charge < -0.3 is 19.8 Å². The van der Waals surface area contributed by atoms with E-state index in [0.29, 0.717) is 24.1 Å². The fraction of sp³-hybridized carbons (Fsp3) is 0.500. The Morgan fingerprint density at radius 2 is 2.03 bits per heavy atom. The Labute approximate surface area is 168 Å². The van der Waals surface area contributed by atoms with Crippen molar-refractivity contribution in [3.8, 4) is 5.75 Å². The molecule has 1 aromatic rings. The lowest BCUT2D eigenvalue weighted by Crippen LogP contribution is -2.57. The molecule has 2 aliphatic carbocycles. The highest BCUT2D eigenvalue weighted by atomic mass is 16.7. The standard InChI is InChI=1S/C22H23NO6/c1-12-6-7-15-18(20(2)17(25)8-9-22(12,20)27)28-19(26)21(15)11-16(23-29-21)13-4-3-5-14(24)10-13/h3-5,8-10,12,15,18,24,27H,6-7,11H2,1-2H3/t12-,15?,18?,20-,21?,22+/m0/s1. The minimum Gasteiger partial charge on any atom is -0.508 e. The summed E-state index contributed by atoms with van der Waals surface area (Å²) in [6.45, 7) is 3.61. The van der Waals surface area contributed by atoms with Crippen LogP contribution in [0.2, 0.25) is 0 Å². The minimum atomic E-state index is -1.37. The van der Waals surface area contributed by atoms with Crippen molar-refractivity contribution in [3.63, 3.8) is 0 Å². The number of aromatic hydroxyl groups is 1. The Morgan fingerprint density at radius 3 is 2.79 bits per heavy atom. The molecule has 2 fully saturated rings. The maximum absolute atomic E-state index is 13.1. The zero-order chi connectivity index (χ0) is 20.6. The van der Waals surface area contributed by atoms with Gasteiger partial charge in [0.2, 0.25) is 5.60 Å². The van der Waals surface area contributed by atoms with Crippen molar-refractivity contribution in [1.82, 2.24) is 0 Å². The number of carbonyl (C=O) groups is 2. The number of hydrogen-bond donors (Lipinski definition) is 2. The first-order valence-corrected chi connectivity index (χ1v) is 9.94. The molecule has 1 saturated heterocycles. The van der Waals surface area contributed by atoms with Gasteiger partial charge in [-0.1, -0.05) is 24.2 Å². The number of phenols is 1. The third-order valence-electron chi connectivity index (χ3n) is 7.54. The number of aliphatic hydroxyl groups is 1. The van der Waals surface area contributed by atoms with Crippen LogP contribution in [0.3, 0.4) is 0 Å². The number of allylic oxidation sites excluding steroid dienone is 1. The molecule has 2 aliphatic heterocycles. The molecule has 0 aromatic heterocycles. The van der Waals surface area contributed by atoms with Crippen LogP contribution in [0.25, 0.3) is 0 Å². The SMILES string of the molecule is C[C@H]1CCC2C(OC(=O)C23CC(c2cccc(O)c2)=NO3)[C@]2(C)C(=O)C=C[C@@]12O. The molecule has 5 rings (SSSR count). The summed E-state index contributed by atoms with van der Waals surface area (Å²) in [5, 5.41) is 25.3. The van der Waals surface area contributed by atoms with E-state index >= 15 is 0 Å². The van der Waals surface area contributed by atoms with Crippen LogP contribution in [0.4, 0.5) is 0 Å². The van der Waals surface area contributed by atoms with E-state index in [4.69, 9.17) is 9.57 Å². The smallest absolute Gasteiger partial charge is 0.354 e. The summed E-state index contributed by atoms with van der Waals surface area (Å²) in [5.74, 6) is -1.28. The largest absolute Gasteiger partial charge is 0.508 e. The lowest BCUT2D eigenvalue weighted by atomic mass is 9.63. The summed E-state index contributed by atoms with van der Waals surface area (Å²) in [4.78, 5) is 31.7. The van der Waals surface area contributed by atoms with Crippen LogP contribution in [0.1, 0.15) is 38.7 Å². The minimum absolute atomic E-state index is 0.0986. The molecule has 0 bridgehead atoms. The monoisotopic (exact) mass is 397 g/mol. The highest BCUT2D eigenvalue weighted by molar-refractivity contribution is 6.06. The molecule has 1 spiro atoms. The zero-order valence-corrected chi connectivity index (χ0v) is 16.3. The lowest BCUT2D eigenvalue weighted by molar-refractivity contribution is -0.169. The van der Waals surface area contributed by atoms with E-state index in [1.54, 1.807) is 37.3 Å². The van der Waals surface area contributed by atoms with Gasteiger partial charge in [0.05, 0.1) is 11.6 Å². The highest BCUT2D eigenvalue weighted by Gasteiger charge is 2.73. The van der Waals surface area contributed by atoms with Crippen molar-refractivity contribution in [2.24, 2.45) is 22.4 Å². The molecule has 1 aromatic carbocycles. The summed E-state index contributed by atoms with van der Waals surface area (Å²) in [5.41, 5.74) is -2.73. The van der Waals surface area contributed by atoms with Gasteiger partial charge in [-0.3, -0.25) is 4.79 Å². The molecular formula is C22H23NO6. The number of ether oxygens (including phenoxy) is 1. The molecule has 0 radical (unpaired) electrons. The number of ketones is 1. The first-order chi connectivity index (χ1) is 13.7. The van der Waals surface area contributed by atoms with Crippen LogP contribution in [0, 0.1) is 17.3 Å². The van der Waals surface area contributed by atoms with Gasteiger partial charge in [-0.05, 0) is 50.0 Å². The molecule has 3 unspecified atom stereocenters. The number of oxime groups is 1. The van der Waals surface area contributed by atoms with Crippen molar-refractivity contribution in [2.75, 3.05) is 0 Å². The molecule has 7 nitrogen and oxygen atoms in total. The van der Waals surface area contributed by atoms with Gasteiger partial charge in [0.15, 0.2) is 5.78 Å². The quantitative estimate of drug-likeness (QED) is 0.703. The van der Waals surface area contributed by atoms with E-state index in [9.17, 15) is 19.8 Å². The number of hydrogen-bond acceptors (Lipinski definition) is 7. The number of esters is 1. The molecule has 2 N–H and O–H groups in total. The Morgan fingerprint density at radius 1 is 1.24 bits per heavy atom. The molecule has 2 heterocycles. The van der Waals surface area contributed by atoms with Crippen LogP contribution in [0.5, 0.6) is 5.75 Å². The van der Waals surface area contributed by atoms with Gasteiger partial charge >= 0.3 is 5.97 Å². The Bertz CT molecular complexity index is 985. The summed E-state index contributed by atoms with van der Waals surface area (Å²) in [6, 6.07) is 6.62. The van der Waals surface area contributed by atoms with Crippen LogP contribution >= 0.6 is 0 Å². The van der Waals surface area contributed by atoms with Crippen LogP contribution < -0.4 is 0 Å². The third kappa shape index (κ3) is 2.14. The average Bonchev–Trinajstić information content (AvgIpc) is 3.31. The topological polar surface area (TPSA) is 105 Å². The molecule has 6 atom stereocenters. The summed E-state index contributed by atoms with van der Waals surface area (Å²) >= 11 is 0. The summed E-state index contributed by atoms with van der Waals surface area (Å²) in [6.07, 6.45) is 3.55. The fourth-order valence-electron chi connectivity index (χ4n) is 5.64. The maximum Gasteiger partial charge on any atom is 0.354 e. The molecule has 0 amide bonds. The molecule has 7 heteroatoms. The predicted molar refractivity (Wildman–Crippen MR) is 102 cm³/mol. The second-order valence-electron chi connectivity index (χ2n) is 8.88. The number of benzene rings is 1. The Hall–Kier alpha value is -2.67. The van der Waals surface area contributed by atoms with E-state index < -0.39 is 34.6 Å². The highest BCUT2D eigenvalue weighted by Crippen LogP contribution is 2.59. The van der Waals surface area contributed by atoms with E-state index in [1.807, 2.05) is 6.92 Å². The molecular weight excluding hydrogens is 374 g/mol. The van der Waals surface area contributed by atoms with Gasteiger partial charge in [-0.25, -0.2) is 4.79 Å². The average molecular weight is 397 g/mol. The number of rotatable bonds is 1. The Kier molecular flexibility index (Phi) is 3.60. The molecule has 4 aliphatic rings. The zero-order valence-electron chi connectivity index (χ0n) is 16.3. The predicted octanol–water partition coefficient (Wildman–Crippen LogP) is 2.10.